The number of piperidine rings is 1. The number of ether oxygens (including phenoxy) is 1. The largest absolute Gasteiger partial charge is 0.459 e. The number of carbonyl (C=O) groups excluding carboxylic acids is 1. The summed E-state index contributed by atoms with van der Waals surface area (Å²) in [5.74, 6) is -0.562. The van der Waals surface area contributed by atoms with E-state index in [1.54, 1.807) is 0 Å². The molecule has 164 valence electrons. The van der Waals surface area contributed by atoms with E-state index in [2.05, 4.69) is 24.2 Å². The molecule has 0 amide bonds. The second-order valence-electron chi connectivity index (χ2n) is 9.30. The fourth-order valence-corrected chi connectivity index (χ4v) is 5.13. The molecule has 1 saturated heterocycles. The number of hydrogen-bond acceptors (Lipinski definition) is 4. The van der Waals surface area contributed by atoms with Gasteiger partial charge in [-0.2, -0.15) is 0 Å². The summed E-state index contributed by atoms with van der Waals surface area (Å²) < 4.78 is 6.91. The van der Waals surface area contributed by atoms with Crippen LogP contribution >= 0.6 is 0 Å². The van der Waals surface area contributed by atoms with Crippen LogP contribution in [-0.2, 0) is 21.6 Å². The van der Waals surface area contributed by atoms with Gasteiger partial charge in [0.1, 0.15) is 6.10 Å². The lowest BCUT2D eigenvalue weighted by Crippen LogP contribution is -2.53. The summed E-state index contributed by atoms with van der Waals surface area (Å²) in [7, 11) is 2.27. The van der Waals surface area contributed by atoms with Crippen molar-refractivity contribution in [2.75, 3.05) is 26.7 Å². The third-order valence-electron chi connectivity index (χ3n) is 7.16. The summed E-state index contributed by atoms with van der Waals surface area (Å²) in [6.45, 7) is 2.96. The van der Waals surface area contributed by atoms with Crippen molar-refractivity contribution < 1.29 is 19.1 Å². The minimum atomic E-state index is -1.75. The van der Waals surface area contributed by atoms with Gasteiger partial charge >= 0.3 is 5.97 Å². The topological polar surface area (TPSA) is 59.4 Å². The molecule has 1 aliphatic heterocycles. The van der Waals surface area contributed by atoms with Crippen LogP contribution in [0.3, 0.4) is 0 Å². The number of fused-ring (bicyclic) bond motifs is 3. The number of likely N-dealkylation sites (tertiary alicyclic amines) is 1. The average molecular weight is 430 g/mol. The molecule has 2 heterocycles. The van der Waals surface area contributed by atoms with Gasteiger partial charge in [-0.05, 0) is 28.8 Å². The Morgan fingerprint density at radius 2 is 1.56 bits per heavy atom. The smallest absolute Gasteiger partial charge is 0.348 e. The molecule has 2 aromatic carbocycles. The lowest BCUT2D eigenvalue weighted by molar-refractivity contribution is -0.914. The first-order valence-electron chi connectivity index (χ1n) is 11.3. The quantitative estimate of drug-likeness (QED) is 0.496. The van der Waals surface area contributed by atoms with Crippen LogP contribution in [0.2, 0.25) is 0 Å². The van der Waals surface area contributed by atoms with E-state index in [9.17, 15) is 9.90 Å². The molecule has 1 N–H and O–H groups in total. The van der Waals surface area contributed by atoms with Crippen molar-refractivity contribution in [1.29, 1.82) is 0 Å². The molecule has 0 radical (unpaired) electrons. The maximum Gasteiger partial charge on any atom is 0.348 e. The molecule has 32 heavy (non-hydrogen) atoms. The minimum Gasteiger partial charge on any atom is -0.459 e. The Balaban J connectivity index is 1.26. The Kier molecular flexibility index (Phi) is 5.31. The van der Waals surface area contributed by atoms with Gasteiger partial charge in [0.2, 0.25) is 5.60 Å². The fourth-order valence-electron chi connectivity index (χ4n) is 5.13. The number of pyridine rings is 1. The standard InChI is InChI=1S/C27H29N2O3/c1-29(17-12-20-10-15-28-16-11-20)18-13-21(14-19-29)32-26(30)27(31)24-8-4-2-6-22(24)23-7-3-5-9-25(23)27/h2-11,15-16,21,31H,12-14,17-19H2,1H3/q+1. The molecule has 5 rings (SSSR count). The highest BCUT2D eigenvalue weighted by Gasteiger charge is 2.50. The molecule has 0 spiro atoms. The number of hydrogen-bond donors (Lipinski definition) is 1. The van der Waals surface area contributed by atoms with Gasteiger partial charge in [-0.15, -0.1) is 0 Å². The van der Waals surface area contributed by atoms with E-state index in [0.717, 1.165) is 54.5 Å². The number of rotatable bonds is 5. The first-order valence-corrected chi connectivity index (χ1v) is 11.3. The summed E-state index contributed by atoms with van der Waals surface area (Å²) in [6, 6.07) is 19.3. The summed E-state index contributed by atoms with van der Waals surface area (Å²) in [5.41, 5.74) is 2.57. The second kappa shape index (κ2) is 8.15. The molecule has 2 aliphatic rings. The molecule has 0 atom stereocenters. The van der Waals surface area contributed by atoms with Crippen molar-refractivity contribution in [2.45, 2.75) is 31.0 Å². The van der Waals surface area contributed by atoms with Crippen LogP contribution in [0.15, 0.2) is 73.1 Å². The Labute approximate surface area is 188 Å². The fraction of sp³-hybridized carbons (Fsp3) is 0.333. The van der Waals surface area contributed by atoms with Crippen molar-refractivity contribution in [1.82, 2.24) is 4.98 Å². The van der Waals surface area contributed by atoms with Crippen LogP contribution in [0.25, 0.3) is 11.1 Å². The monoisotopic (exact) mass is 429 g/mol. The van der Waals surface area contributed by atoms with E-state index in [1.165, 1.54) is 5.56 Å². The number of carbonyl (C=O) groups is 1. The van der Waals surface area contributed by atoms with E-state index in [1.807, 2.05) is 60.9 Å². The van der Waals surface area contributed by atoms with Gasteiger partial charge in [0.05, 0.1) is 26.7 Å². The zero-order valence-corrected chi connectivity index (χ0v) is 18.4. The van der Waals surface area contributed by atoms with E-state index >= 15 is 0 Å². The molecule has 5 nitrogen and oxygen atoms in total. The molecule has 5 heteroatoms. The Morgan fingerprint density at radius 1 is 1.00 bits per heavy atom. The molecule has 0 unspecified atom stereocenters. The number of aromatic nitrogens is 1. The molecule has 3 aromatic rings. The van der Waals surface area contributed by atoms with Gasteiger partial charge in [-0.3, -0.25) is 4.98 Å². The predicted octanol–water partition coefficient (Wildman–Crippen LogP) is 3.69. The second-order valence-corrected chi connectivity index (χ2v) is 9.30. The van der Waals surface area contributed by atoms with Gasteiger partial charge in [0.15, 0.2) is 0 Å². The zero-order valence-electron chi connectivity index (χ0n) is 18.4. The number of nitrogens with zero attached hydrogens (tertiary/aromatic N) is 2. The third kappa shape index (κ3) is 3.61. The first kappa shape index (κ1) is 20.9. The summed E-state index contributed by atoms with van der Waals surface area (Å²) >= 11 is 0. The van der Waals surface area contributed by atoms with E-state index in [0.29, 0.717) is 11.1 Å². The Hall–Kier alpha value is -3.02. The lowest BCUT2D eigenvalue weighted by Gasteiger charge is -2.41. The maximum atomic E-state index is 13.3. The minimum absolute atomic E-state index is 0.168. The first-order chi connectivity index (χ1) is 15.5. The van der Waals surface area contributed by atoms with Crippen LogP contribution in [0.1, 0.15) is 29.5 Å². The highest BCUT2D eigenvalue weighted by Crippen LogP contribution is 2.48. The van der Waals surface area contributed by atoms with E-state index < -0.39 is 11.6 Å². The van der Waals surface area contributed by atoms with Crippen molar-refractivity contribution in [3.05, 3.63) is 89.7 Å². The normalized spacial score (nSPS) is 23.2. The van der Waals surface area contributed by atoms with E-state index in [4.69, 9.17) is 4.74 Å². The van der Waals surface area contributed by atoms with Gasteiger partial charge in [0, 0.05) is 42.8 Å². The SMILES string of the molecule is C[N+]1(CCc2ccncc2)CCC(OC(=O)C2(O)c3ccccc3-c3ccccc32)CC1. The van der Waals surface area contributed by atoms with Crippen LogP contribution < -0.4 is 0 Å². The van der Waals surface area contributed by atoms with Gasteiger partial charge in [0.25, 0.3) is 0 Å². The number of quaternary nitrogens is 1. The van der Waals surface area contributed by atoms with Crippen molar-refractivity contribution in [2.24, 2.45) is 0 Å². The number of benzene rings is 2. The van der Waals surface area contributed by atoms with Crippen molar-refractivity contribution in [3.8, 4) is 11.1 Å². The highest BCUT2D eigenvalue weighted by molar-refractivity contribution is 5.96. The predicted molar refractivity (Wildman–Crippen MR) is 123 cm³/mol. The van der Waals surface area contributed by atoms with Gasteiger partial charge < -0.3 is 14.3 Å². The molecule has 0 saturated carbocycles. The number of likely N-dealkylation sites (N-methyl/N-ethyl adjacent to an activating group) is 1. The van der Waals surface area contributed by atoms with Crippen LogP contribution in [0.5, 0.6) is 0 Å². The van der Waals surface area contributed by atoms with Crippen molar-refractivity contribution >= 4 is 5.97 Å². The van der Waals surface area contributed by atoms with Gasteiger partial charge in [-0.25, -0.2) is 4.79 Å². The molecular formula is C27H29N2O3+. The van der Waals surface area contributed by atoms with Crippen LogP contribution in [-0.4, -0.2) is 53.3 Å². The summed E-state index contributed by atoms with van der Waals surface area (Å²) in [4.78, 5) is 17.4. The molecule has 1 fully saturated rings. The summed E-state index contributed by atoms with van der Waals surface area (Å²) in [5, 5.41) is 11.6. The molecular weight excluding hydrogens is 400 g/mol. The number of esters is 1. The van der Waals surface area contributed by atoms with Crippen LogP contribution in [0, 0.1) is 0 Å². The average Bonchev–Trinajstić information content (AvgIpc) is 3.10. The van der Waals surface area contributed by atoms with Crippen molar-refractivity contribution in [3.63, 3.8) is 0 Å². The molecule has 1 aliphatic carbocycles. The lowest BCUT2D eigenvalue weighted by atomic mass is 9.91. The van der Waals surface area contributed by atoms with Crippen LogP contribution in [0.4, 0.5) is 0 Å². The third-order valence-corrected chi connectivity index (χ3v) is 7.16. The maximum absolute atomic E-state index is 13.3. The summed E-state index contributed by atoms with van der Waals surface area (Å²) in [6.07, 6.45) is 6.13. The molecule has 0 bridgehead atoms. The zero-order chi connectivity index (χ0) is 22.2. The van der Waals surface area contributed by atoms with E-state index in [-0.39, 0.29) is 6.10 Å². The molecule has 1 aromatic heterocycles. The Morgan fingerprint density at radius 3 is 2.16 bits per heavy atom. The highest BCUT2D eigenvalue weighted by atomic mass is 16.6. The number of aliphatic hydroxyl groups is 1. The van der Waals surface area contributed by atoms with Gasteiger partial charge in [-0.1, -0.05) is 48.5 Å². The Bertz CT molecular complexity index is 1080.